The molecule has 5 nitrogen and oxygen atoms in total. The molecule has 0 bridgehead atoms. The lowest BCUT2D eigenvalue weighted by Gasteiger charge is -2.14. The second-order valence-electron chi connectivity index (χ2n) is 2.84. The summed E-state index contributed by atoms with van der Waals surface area (Å²) in [6, 6.07) is 7.46. The highest BCUT2D eigenvalue weighted by Crippen LogP contribution is 2.19. The van der Waals surface area contributed by atoms with Gasteiger partial charge in [-0.1, -0.05) is 18.2 Å². The van der Waals surface area contributed by atoms with Crippen LogP contribution in [0.1, 0.15) is 5.56 Å². The fourth-order valence-electron chi connectivity index (χ4n) is 1.28. The van der Waals surface area contributed by atoms with E-state index in [0.29, 0.717) is 6.54 Å². The summed E-state index contributed by atoms with van der Waals surface area (Å²) in [7, 11) is 0. The van der Waals surface area contributed by atoms with E-state index in [-0.39, 0.29) is 5.84 Å². The van der Waals surface area contributed by atoms with Crippen molar-refractivity contribution < 1.29 is 4.79 Å². The normalized spacial score (nSPS) is 13.6. The van der Waals surface area contributed by atoms with Crippen LogP contribution in [0.3, 0.4) is 0 Å². The van der Waals surface area contributed by atoms with E-state index in [0.717, 1.165) is 11.3 Å². The number of aliphatic imine (C=N–C) groups is 1. The van der Waals surface area contributed by atoms with E-state index >= 15 is 0 Å². The van der Waals surface area contributed by atoms with Crippen LogP contribution in [0.2, 0.25) is 0 Å². The molecule has 1 aromatic carbocycles. The molecule has 0 atom stereocenters. The smallest absolute Gasteiger partial charge is 0.335 e. The molecule has 0 fully saturated rings. The van der Waals surface area contributed by atoms with Crippen LogP contribution in [0.5, 0.6) is 0 Å². The number of hydrogen-bond donors (Lipinski definition) is 1. The lowest BCUT2D eigenvalue weighted by atomic mass is 10.1. The molecule has 0 aromatic heterocycles. The second-order valence-corrected chi connectivity index (χ2v) is 2.84. The number of amidine groups is 1. The first-order chi connectivity index (χ1) is 6.81. The SMILES string of the molecule is O=NC(=O)C1=NCc2ccccc2N1. The van der Waals surface area contributed by atoms with E-state index in [9.17, 15) is 9.70 Å². The van der Waals surface area contributed by atoms with Crippen LogP contribution in [-0.2, 0) is 11.3 Å². The Labute approximate surface area is 79.8 Å². The van der Waals surface area contributed by atoms with E-state index in [1.807, 2.05) is 24.3 Å². The number of amides is 1. The van der Waals surface area contributed by atoms with Crippen LogP contribution in [-0.4, -0.2) is 11.7 Å². The van der Waals surface area contributed by atoms with Crippen LogP contribution in [0.25, 0.3) is 0 Å². The molecule has 1 aliphatic rings. The molecule has 2 rings (SSSR count). The van der Waals surface area contributed by atoms with Gasteiger partial charge in [-0.25, -0.2) is 0 Å². The summed E-state index contributed by atoms with van der Waals surface area (Å²) in [6.45, 7) is 0.403. The van der Waals surface area contributed by atoms with Gasteiger partial charge in [0.1, 0.15) is 0 Å². The molecule has 0 saturated carbocycles. The Hall–Kier alpha value is -2.04. The van der Waals surface area contributed by atoms with E-state index < -0.39 is 5.91 Å². The van der Waals surface area contributed by atoms with Crippen molar-refractivity contribution in [2.75, 3.05) is 5.32 Å². The van der Waals surface area contributed by atoms with Crippen molar-refractivity contribution in [2.45, 2.75) is 6.54 Å². The van der Waals surface area contributed by atoms with Crippen molar-refractivity contribution in [3.63, 3.8) is 0 Å². The minimum atomic E-state index is -0.862. The van der Waals surface area contributed by atoms with E-state index in [4.69, 9.17) is 0 Å². The Morgan fingerprint density at radius 2 is 2.21 bits per heavy atom. The number of nitrogens with zero attached hydrogens (tertiary/aromatic N) is 2. The number of fused-ring (bicyclic) bond motifs is 1. The zero-order valence-corrected chi connectivity index (χ0v) is 7.23. The van der Waals surface area contributed by atoms with Crippen LogP contribution >= 0.6 is 0 Å². The van der Waals surface area contributed by atoms with E-state index in [1.54, 1.807) is 0 Å². The summed E-state index contributed by atoms with van der Waals surface area (Å²) >= 11 is 0. The maximum atomic E-state index is 10.9. The summed E-state index contributed by atoms with van der Waals surface area (Å²) in [6.07, 6.45) is 0. The molecular weight excluding hydrogens is 182 g/mol. The van der Waals surface area contributed by atoms with Crippen LogP contribution in [0.4, 0.5) is 5.69 Å². The fraction of sp³-hybridized carbons (Fsp3) is 0.111. The fourth-order valence-corrected chi connectivity index (χ4v) is 1.28. The molecule has 1 N–H and O–H groups in total. The molecule has 14 heavy (non-hydrogen) atoms. The Balaban J connectivity index is 2.29. The number of carbonyl (C=O) groups excluding carboxylic acids is 1. The van der Waals surface area contributed by atoms with Crippen LogP contribution < -0.4 is 5.32 Å². The predicted molar refractivity (Wildman–Crippen MR) is 52.0 cm³/mol. The maximum absolute atomic E-state index is 10.9. The number of nitrogens with one attached hydrogen (secondary N) is 1. The van der Waals surface area contributed by atoms with Crippen molar-refractivity contribution in [1.29, 1.82) is 0 Å². The van der Waals surface area contributed by atoms with E-state index in [2.05, 4.69) is 15.5 Å². The lowest BCUT2D eigenvalue weighted by molar-refractivity contribution is -0.111. The third-order valence-electron chi connectivity index (χ3n) is 1.96. The second kappa shape index (κ2) is 3.37. The van der Waals surface area contributed by atoms with Crippen molar-refractivity contribution in [2.24, 2.45) is 10.2 Å². The van der Waals surface area contributed by atoms with Gasteiger partial charge in [0.25, 0.3) is 0 Å². The standard InChI is InChI=1S/C9H7N3O2/c13-9(12-14)8-10-5-6-3-1-2-4-7(6)11-8/h1-4H,5H2,(H,10,11). The molecule has 0 unspecified atom stereocenters. The summed E-state index contributed by atoms with van der Waals surface area (Å²) < 4.78 is 0. The average Bonchev–Trinajstić information content (AvgIpc) is 2.27. The van der Waals surface area contributed by atoms with Gasteiger partial charge >= 0.3 is 5.91 Å². The number of anilines is 1. The predicted octanol–water partition coefficient (Wildman–Crippen LogP) is 1.30. The minimum Gasteiger partial charge on any atom is -0.335 e. The Morgan fingerprint density at radius 3 is 3.00 bits per heavy atom. The highest BCUT2D eigenvalue weighted by atomic mass is 16.3. The van der Waals surface area contributed by atoms with Crippen LogP contribution in [0.15, 0.2) is 34.4 Å². The quantitative estimate of drug-likeness (QED) is 0.677. The zero-order chi connectivity index (χ0) is 9.97. The molecule has 0 saturated heterocycles. The number of para-hydroxylation sites is 1. The van der Waals surface area contributed by atoms with Gasteiger partial charge in [-0.2, -0.15) is 0 Å². The first kappa shape index (κ1) is 8.55. The van der Waals surface area contributed by atoms with E-state index in [1.165, 1.54) is 0 Å². The number of hydrogen-bond acceptors (Lipinski definition) is 4. The topological polar surface area (TPSA) is 70.9 Å². The molecule has 0 aliphatic carbocycles. The molecule has 1 heterocycles. The first-order valence-electron chi connectivity index (χ1n) is 4.08. The molecular formula is C9H7N3O2. The van der Waals surface area contributed by atoms with Crippen molar-refractivity contribution in [3.05, 3.63) is 34.7 Å². The Morgan fingerprint density at radius 1 is 1.43 bits per heavy atom. The molecule has 1 amide bonds. The number of benzene rings is 1. The van der Waals surface area contributed by atoms with Crippen LogP contribution in [0, 0.1) is 4.91 Å². The average molecular weight is 189 g/mol. The number of nitroso groups, excluding NO2 is 1. The number of carbonyl (C=O) groups is 1. The summed E-state index contributed by atoms with van der Waals surface area (Å²) in [5.41, 5.74) is 1.80. The highest BCUT2D eigenvalue weighted by Gasteiger charge is 2.17. The third-order valence-corrected chi connectivity index (χ3v) is 1.96. The first-order valence-corrected chi connectivity index (χ1v) is 4.08. The van der Waals surface area contributed by atoms with Gasteiger partial charge in [-0.05, 0) is 11.6 Å². The summed E-state index contributed by atoms with van der Waals surface area (Å²) in [5.74, 6) is -0.849. The zero-order valence-electron chi connectivity index (χ0n) is 7.23. The van der Waals surface area contributed by atoms with Gasteiger partial charge < -0.3 is 5.32 Å². The maximum Gasteiger partial charge on any atom is 0.351 e. The number of rotatable bonds is 1. The minimum absolute atomic E-state index is 0.0127. The van der Waals surface area contributed by atoms with Gasteiger partial charge in [0.2, 0.25) is 0 Å². The highest BCUT2D eigenvalue weighted by molar-refractivity contribution is 6.43. The molecule has 5 heteroatoms. The molecule has 1 aromatic rings. The van der Waals surface area contributed by atoms with Crippen molar-refractivity contribution >= 4 is 17.4 Å². The molecule has 0 spiro atoms. The van der Waals surface area contributed by atoms with Gasteiger partial charge in [0.15, 0.2) is 5.84 Å². The molecule has 0 radical (unpaired) electrons. The van der Waals surface area contributed by atoms with Gasteiger partial charge in [-0.3, -0.25) is 9.79 Å². The largest absolute Gasteiger partial charge is 0.351 e. The third kappa shape index (κ3) is 1.39. The lowest BCUT2D eigenvalue weighted by Crippen LogP contribution is -2.24. The summed E-state index contributed by atoms with van der Waals surface area (Å²) in [5, 5.41) is 5.06. The van der Waals surface area contributed by atoms with Gasteiger partial charge in [0, 0.05) is 10.9 Å². The van der Waals surface area contributed by atoms with Gasteiger partial charge in [0.05, 0.1) is 6.54 Å². The van der Waals surface area contributed by atoms with Crippen molar-refractivity contribution in [1.82, 2.24) is 0 Å². The van der Waals surface area contributed by atoms with Crippen molar-refractivity contribution in [3.8, 4) is 0 Å². The monoisotopic (exact) mass is 189 g/mol. The molecule has 70 valence electrons. The Kier molecular flexibility index (Phi) is 2.06. The van der Waals surface area contributed by atoms with Gasteiger partial charge in [-0.15, -0.1) is 4.91 Å². The molecule has 1 aliphatic heterocycles. The summed E-state index contributed by atoms with van der Waals surface area (Å²) in [4.78, 5) is 24.8. The Bertz CT molecular complexity index is 426.